The maximum absolute atomic E-state index is 11.4. The van der Waals surface area contributed by atoms with Crippen molar-refractivity contribution in [3.8, 4) is 0 Å². The van der Waals surface area contributed by atoms with Crippen LogP contribution in [0.1, 0.15) is 37.7 Å². The molecule has 1 aromatic carbocycles. The lowest BCUT2D eigenvalue weighted by Gasteiger charge is -2.33. The van der Waals surface area contributed by atoms with E-state index in [1.165, 1.54) is 0 Å². The first kappa shape index (κ1) is 13.7. The second kappa shape index (κ2) is 5.50. The van der Waals surface area contributed by atoms with E-state index in [-0.39, 0.29) is 11.8 Å². The summed E-state index contributed by atoms with van der Waals surface area (Å²) in [5.41, 5.74) is 0.878. The Hall–Kier alpha value is -0.730. The molecule has 0 heterocycles. The Balaban J connectivity index is 2.37. The second-order valence-corrected chi connectivity index (χ2v) is 5.98. The number of rotatable bonds is 2. The van der Waals surface area contributed by atoms with E-state index in [2.05, 4.69) is 6.92 Å². The molecule has 4 heteroatoms. The highest BCUT2D eigenvalue weighted by Crippen LogP contribution is 2.43. The zero-order valence-corrected chi connectivity index (χ0v) is 11.7. The van der Waals surface area contributed by atoms with Gasteiger partial charge < -0.3 is 5.11 Å². The van der Waals surface area contributed by atoms with Crippen molar-refractivity contribution < 1.29 is 9.90 Å². The number of hydrogen-bond donors (Lipinski definition) is 1. The van der Waals surface area contributed by atoms with Gasteiger partial charge in [0.2, 0.25) is 0 Å². The number of carbonyl (C=O) groups is 1. The topological polar surface area (TPSA) is 37.3 Å². The van der Waals surface area contributed by atoms with Crippen LogP contribution in [0.25, 0.3) is 0 Å². The summed E-state index contributed by atoms with van der Waals surface area (Å²) in [6, 6.07) is 5.29. The third-order valence-corrected chi connectivity index (χ3v) is 4.37. The van der Waals surface area contributed by atoms with Gasteiger partial charge in [0, 0.05) is 10.0 Å². The first-order chi connectivity index (χ1) is 8.49. The molecule has 1 N–H and O–H groups in total. The minimum absolute atomic E-state index is 0.0301. The first-order valence-corrected chi connectivity index (χ1v) is 6.92. The van der Waals surface area contributed by atoms with Gasteiger partial charge in [-0.3, -0.25) is 4.79 Å². The van der Waals surface area contributed by atoms with Gasteiger partial charge in [-0.2, -0.15) is 0 Å². The summed E-state index contributed by atoms with van der Waals surface area (Å²) in [4.78, 5) is 11.4. The van der Waals surface area contributed by atoms with E-state index in [0.717, 1.165) is 18.4 Å². The van der Waals surface area contributed by atoms with Crippen molar-refractivity contribution in [1.29, 1.82) is 0 Å². The minimum atomic E-state index is -0.733. The van der Waals surface area contributed by atoms with Gasteiger partial charge >= 0.3 is 5.97 Å². The Labute approximate surface area is 117 Å². The highest BCUT2D eigenvalue weighted by Gasteiger charge is 2.35. The van der Waals surface area contributed by atoms with Crippen LogP contribution in [-0.4, -0.2) is 11.1 Å². The molecule has 0 radical (unpaired) electrons. The largest absolute Gasteiger partial charge is 0.481 e. The highest BCUT2D eigenvalue weighted by atomic mass is 35.5. The number of halogens is 2. The number of hydrogen-bond acceptors (Lipinski definition) is 1. The molecule has 1 aromatic rings. The Morgan fingerprint density at radius 1 is 1.33 bits per heavy atom. The molecule has 0 aromatic heterocycles. The molecule has 1 aliphatic carbocycles. The van der Waals surface area contributed by atoms with Crippen LogP contribution in [0.15, 0.2) is 18.2 Å². The predicted octanol–water partition coefficient (Wildman–Crippen LogP) is 4.60. The van der Waals surface area contributed by atoms with Gasteiger partial charge in [0.05, 0.1) is 5.92 Å². The number of carboxylic acid groups (broad SMARTS) is 1. The van der Waals surface area contributed by atoms with E-state index in [1.807, 2.05) is 6.07 Å². The smallest absolute Gasteiger partial charge is 0.307 e. The average Bonchev–Trinajstić information content (AvgIpc) is 2.31. The summed E-state index contributed by atoms with van der Waals surface area (Å²) < 4.78 is 0. The lowest BCUT2D eigenvalue weighted by atomic mass is 9.71. The van der Waals surface area contributed by atoms with Crippen LogP contribution < -0.4 is 0 Å². The van der Waals surface area contributed by atoms with Crippen LogP contribution >= 0.6 is 23.2 Å². The summed E-state index contributed by atoms with van der Waals surface area (Å²) in [6.07, 6.45) is 2.53. The molecule has 0 bridgehead atoms. The van der Waals surface area contributed by atoms with Crippen molar-refractivity contribution in [3.05, 3.63) is 33.8 Å². The molecule has 0 amide bonds. The maximum Gasteiger partial charge on any atom is 0.307 e. The van der Waals surface area contributed by atoms with Gasteiger partial charge in [-0.15, -0.1) is 0 Å². The summed E-state index contributed by atoms with van der Waals surface area (Å²) in [6.45, 7) is 2.16. The van der Waals surface area contributed by atoms with Crippen molar-refractivity contribution in [2.75, 3.05) is 0 Å². The molecule has 0 spiro atoms. The Morgan fingerprint density at radius 2 is 2.06 bits per heavy atom. The van der Waals surface area contributed by atoms with Crippen LogP contribution in [0.2, 0.25) is 10.0 Å². The molecule has 0 saturated heterocycles. The fourth-order valence-electron chi connectivity index (χ4n) is 2.82. The van der Waals surface area contributed by atoms with E-state index < -0.39 is 5.97 Å². The molecular weight excluding hydrogens is 271 g/mol. The van der Waals surface area contributed by atoms with Gasteiger partial charge in [-0.1, -0.05) is 30.1 Å². The molecule has 98 valence electrons. The zero-order chi connectivity index (χ0) is 13.3. The molecular formula is C14H16Cl2O2. The van der Waals surface area contributed by atoms with Crippen LogP contribution in [0.5, 0.6) is 0 Å². The van der Waals surface area contributed by atoms with Crippen molar-refractivity contribution in [2.24, 2.45) is 11.8 Å². The number of aliphatic carboxylic acids is 1. The van der Waals surface area contributed by atoms with Crippen LogP contribution in [0, 0.1) is 11.8 Å². The normalized spacial score (nSPS) is 28.1. The molecule has 1 aliphatic rings. The summed E-state index contributed by atoms with van der Waals surface area (Å²) in [7, 11) is 0. The monoisotopic (exact) mass is 286 g/mol. The minimum Gasteiger partial charge on any atom is -0.481 e. The fraction of sp³-hybridized carbons (Fsp3) is 0.500. The van der Waals surface area contributed by atoms with Gasteiger partial charge in [0.25, 0.3) is 0 Å². The maximum atomic E-state index is 11.4. The van der Waals surface area contributed by atoms with Crippen LogP contribution in [0.3, 0.4) is 0 Å². The zero-order valence-electron chi connectivity index (χ0n) is 10.2. The molecule has 18 heavy (non-hydrogen) atoms. The summed E-state index contributed by atoms with van der Waals surface area (Å²) >= 11 is 12.2. The van der Waals surface area contributed by atoms with Gasteiger partial charge in [0.15, 0.2) is 0 Å². The van der Waals surface area contributed by atoms with Crippen molar-refractivity contribution in [2.45, 2.75) is 32.1 Å². The Bertz CT molecular complexity index is 459. The predicted molar refractivity (Wildman–Crippen MR) is 73.3 cm³/mol. The van der Waals surface area contributed by atoms with Crippen LogP contribution in [0.4, 0.5) is 0 Å². The molecule has 0 aliphatic heterocycles. The summed E-state index contributed by atoms with van der Waals surface area (Å²) in [5.74, 6) is -0.585. The SMILES string of the molecule is CC1CCC(C(=O)O)C(c2cc(Cl)ccc2Cl)C1. The fourth-order valence-corrected chi connectivity index (χ4v) is 3.26. The standard InChI is InChI=1S/C14H16Cl2O2/c1-8-2-4-10(14(17)18)11(6-8)12-7-9(15)3-5-13(12)16/h3,5,7-8,10-11H,2,4,6H2,1H3,(H,17,18). The van der Waals surface area contributed by atoms with E-state index >= 15 is 0 Å². The highest BCUT2D eigenvalue weighted by molar-refractivity contribution is 6.33. The molecule has 2 nitrogen and oxygen atoms in total. The van der Waals surface area contributed by atoms with Gasteiger partial charge in [-0.05, 0) is 54.9 Å². The lowest BCUT2D eigenvalue weighted by molar-refractivity contribution is -0.143. The molecule has 1 saturated carbocycles. The Kier molecular flexibility index (Phi) is 4.18. The third kappa shape index (κ3) is 2.81. The quantitative estimate of drug-likeness (QED) is 0.863. The Morgan fingerprint density at radius 3 is 2.72 bits per heavy atom. The number of carboxylic acids is 1. The van der Waals surface area contributed by atoms with Gasteiger partial charge in [0.1, 0.15) is 0 Å². The average molecular weight is 287 g/mol. The molecule has 3 unspecified atom stereocenters. The molecule has 2 rings (SSSR count). The van der Waals surface area contributed by atoms with E-state index in [1.54, 1.807) is 12.1 Å². The third-order valence-electron chi connectivity index (χ3n) is 3.79. The van der Waals surface area contributed by atoms with Crippen LogP contribution in [-0.2, 0) is 4.79 Å². The first-order valence-electron chi connectivity index (χ1n) is 6.16. The van der Waals surface area contributed by atoms with Crippen molar-refractivity contribution in [3.63, 3.8) is 0 Å². The van der Waals surface area contributed by atoms with Crippen molar-refractivity contribution >= 4 is 29.2 Å². The van der Waals surface area contributed by atoms with Crippen molar-refractivity contribution in [1.82, 2.24) is 0 Å². The second-order valence-electron chi connectivity index (χ2n) is 5.14. The molecule has 1 fully saturated rings. The lowest BCUT2D eigenvalue weighted by Crippen LogP contribution is -2.28. The molecule has 3 atom stereocenters. The van der Waals surface area contributed by atoms with E-state index in [4.69, 9.17) is 23.2 Å². The number of benzene rings is 1. The van der Waals surface area contributed by atoms with Gasteiger partial charge in [-0.25, -0.2) is 0 Å². The summed E-state index contributed by atoms with van der Waals surface area (Å²) in [5, 5.41) is 10.6. The van der Waals surface area contributed by atoms with E-state index in [9.17, 15) is 9.90 Å². The van der Waals surface area contributed by atoms with E-state index in [0.29, 0.717) is 22.4 Å².